The van der Waals surface area contributed by atoms with E-state index in [1.807, 2.05) is 4.72 Å². The molecule has 16 heavy (non-hydrogen) atoms. The fourth-order valence-electron chi connectivity index (χ4n) is 0.890. The first-order chi connectivity index (χ1) is 7.18. The minimum absolute atomic E-state index is 0.496. The number of hydrogen-bond donors (Lipinski definition) is 1. The van der Waals surface area contributed by atoms with Crippen LogP contribution in [0.15, 0.2) is 17.0 Å². The van der Waals surface area contributed by atoms with Crippen LogP contribution < -0.4 is 4.72 Å². The van der Waals surface area contributed by atoms with Gasteiger partial charge < -0.3 is 0 Å². The molecule has 0 saturated carbocycles. The first-order valence-corrected chi connectivity index (χ1v) is 5.72. The van der Waals surface area contributed by atoms with Gasteiger partial charge >= 0.3 is 6.18 Å². The molecule has 9 heteroatoms. The van der Waals surface area contributed by atoms with Gasteiger partial charge in [0.1, 0.15) is 15.7 Å². The van der Waals surface area contributed by atoms with Crippen molar-refractivity contribution in [2.75, 3.05) is 7.05 Å². The maximum atomic E-state index is 12.2. The predicted molar refractivity (Wildman–Crippen MR) is 50.5 cm³/mol. The Kier molecular flexibility index (Phi) is 3.46. The summed E-state index contributed by atoms with van der Waals surface area (Å²) in [5, 5.41) is -0.718. The summed E-state index contributed by atoms with van der Waals surface area (Å²) in [6.45, 7) is 0. The van der Waals surface area contributed by atoms with E-state index in [0.717, 1.165) is 13.1 Å². The van der Waals surface area contributed by atoms with E-state index in [4.69, 9.17) is 11.6 Å². The van der Waals surface area contributed by atoms with Gasteiger partial charge in [0.25, 0.3) is 0 Å². The zero-order chi connectivity index (χ0) is 12.6. The molecule has 1 N–H and O–H groups in total. The molecule has 0 radical (unpaired) electrons. The maximum Gasteiger partial charge on any atom is 0.433 e. The van der Waals surface area contributed by atoms with E-state index in [0.29, 0.717) is 6.07 Å². The van der Waals surface area contributed by atoms with Gasteiger partial charge in [0, 0.05) is 0 Å². The third kappa shape index (κ3) is 2.63. The molecule has 0 aliphatic heterocycles. The lowest BCUT2D eigenvalue weighted by molar-refractivity contribution is -0.141. The van der Waals surface area contributed by atoms with Gasteiger partial charge in [-0.15, -0.1) is 0 Å². The third-order valence-corrected chi connectivity index (χ3v) is 3.51. The Bertz CT molecular complexity index is 501. The molecule has 90 valence electrons. The van der Waals surface area contributed by atoms with Crippen LogP contribution >= 0.6 is 11.6 Å². The van der Waals surface area contributed by atoms with Gasteiger partial charge in [-0.25, -0.2) is 18.1 Å². The van der Waals surface area contributed by atoms with Gasteiger partial charge in [-0.3, -0.25) is 0 Å². The molecule has 0 aromatic carbocycles. The van der Waals surface area contributed by atoms with Gasteiger partial charge in [0.15, 0.2) is 0 Å². The summed E-state index contributed by atoms with van der Waals surface area (Å²) in [5.74, 6) is 0. The van der Waals surface area contributed by atoms with Gasteiger partial charge in [0.05, 0.1) is 0 Å². The second kappa shape index (κ2) is 4.19. The van der Waals surface area contributed by atoms with Crippen LogP contribution in [0.2, 0.25) is 5.15 Å². The van der Waals surface area contributed by atoms with Gasteiger partial charge in [-0.05, 0) is 19.2 Å². The lowest BCUT2D eigenvalue weighted by Gasteiger charge is -2.08. The Labute approximate surface area is 94.5 Å². The van der Waals surface area contributed by atoms with Crippen LogP contribution in [0.3, 0.4) is 0 Å². The molecule has 0 fully saturated rings. The summed E-state index contributed by atoms with van der Waals surface area (Å²) in [6, 6.07) is 1.31. The van der Waals surface area contributed by atoms with Crippen molar-refractivity contribution < 1.29 is 21.6 Å². The summed E-state index contributed by atoms with van der Waals surface area (Å²) in [7, 11) is -2.79. The highest BCUT2D eigenvalue weighted by molar-refractivity contribution is 7.89. The Balaban J connectivity index is 3.32. The fraction of sp³-hybridized carbons (Fsp3) is 0.286. The van der Waals surface area contributed by atoms with E-state index in [1.165, 1.54) is 0 Å². The highest BCUT2D eigenvalue weighted by Gasteiger charge is 2.33. The predicted octanol–water partition coefficient (Wildman–Crippen LogP) is 1.66. The van der Waals surface area contributed by atoms with Crippen molar-refractivity contribution >= 4 is 21.6 Å². The van der Waals surface area contributed by atoms with Crippen LogP contribution in [-0.4, -0.2) is 20.4 Å². The van der Waals surface area contributed by atoms with E-state index in [-0.39, 0.29) is 0 Å². The lowest BCUT2D eigenvalue weighted by Crippen LogP contribution is -2.20. The number of rotatable bonds is 2. The second-order valence-corrected chi connectivity index (χ2v) is 4.90. The minimum Gasteiger partial charge on any atom is -0.230 e. The van der Waals surface area contributed by atoms with Crippen molar-refractivity contribution in [3.05, 3.63) is 23.0 Å². The number of sulfonamides is 1. The van der Waals surface area contributed by atoms with E-state index in [9.17, 15) is 21.6 Å². The Morgan fingerprint density at radius 3 is 2.31 bits per heavy atom. The first-order valence-electron chi connectivity index (χ1n) is 3.86. The smallest absolute Gasteiger partial charge is 0.230 e. The van der Waals surface area contributed by atoms with Gasteiger partial charge in [-0.1, -0.05) is 11.6 Å². The Morgan fingerprint density at radius 1 is 1.38 bits per heavy atom. The van der Waals surface area contributed by atoms with Gasteiger partial charge in [-0.2, -0.15) is 13.2 Å². The van der Waals surface area contributed by atoms with Crippen molar-refractivity contribution in [2.24, 2.45) is 0 Å². The molecule has 0 unspecified atom stereocenters. The number of nitrogens with one attached hydrogen (secondary N) is 1. The normalized spacial score (nSPS) is 12.8. The topological polar surface area (TPSA) is 59.1 Å². The number of hydrogen-bond acceptors (Lipinski definition) is 3. The summed E-state index contributed by atoms with van der Waals surface area (Å²) < 4.78 is 61.0. The molecule has 1 heterocycles. The Morgan fingerprint density at radius 2 is 1.94 bits per heavy atom. The minimum atomic E-state index is -4.66. The number of halogens is 4. The third-order valence-electron chi connectivity index (χ3n) is 1.66. The molecular formula is C7H6ClF3N2O2S. The van der Waals surface area contributed by atoms with Crippen molar-refractivity contribution in [1.82, 2.24) is 9.71 Å². The number of aromatic nitrogens is 1. The van der Waals surface area contributed by atoms with Crippen LogP contribution in [0.5, 0.6) is 0 Å². The number of pyridine rings is 1. The maximum absolute atomic E-state index is 12.2. The zero-order valence-corrected chi connectivity index (χ0v) is 9.41. The van der Waals surface area contributed by atoms with E-state index in [1.54, 1.807) is 0 Å². The van der Waals surface area contributed by atoms with Crippen molar-refractivity contribution in [2.45, 2.75) is 11.1 Å². The summed E-state index contributed by atoms with van der Waals surface area (Å²) >= 11 is 5.37. The van der Waals surface area contributed by atoms with Crippen molar-refractivity contribution in [1.29, 1.82) is 0 Å². The Hall–Kier alpha value is -0.860. The van der Waals surface area contributed by atoms with Crippen LogP contribution in [0, 0.1) is 0 Å². The SMILES string of the molecule is CNS(=O)(=O)c1ccc(C(F)(F)F)nc1Cl. The van der Waals surface area contributed by atoms with Crippen molar-refractivity contribution in [3.8, 4) is 0 Å². The number of nitrogens with zero attached hydrogens (tertiary/aromatic N) is 1. The highest BCUT2D eigenvalue weighted by atomic mass is 35.5. The molecule has 1 rings (SSSR count). The summed E-state index contributed by atoms with van der Waals surface area (Å²) in [6.07, 6.45) is -4.66. The van der Waals surface area contributed by atoms with Crippen LogP contribution in [0.25, 0.3) is 0 Å². The second-order valence-electron chi connectivity index (χ2n) is 2.69. The number of alkyl halides is 3. The highest BCUT2D eigenvalue weighted by Crippen LogP contribution is 2.30. The van der Waals surface area contributed by atoms with Gasteiger partial charge in [0.2, 0.25) is 10.0 Å². The monoisotopic (exact) mass is 274 g/mol. The summed E-state index contributed by atoms with van der Waals surface area (Å²) in [4.78, 5) is 2.48. The van der Waals surface area contributed by atoms with E-state index < -0.39 is 31.9 Å². The molecule has 1 aromatic heterocycles. The molecule has 0 atom stereocenters. The molecule has 0 spiro atoms. The molecule has 1 aromatic rings. The summed E-state index contributed by atoms with van der Waals surface area (Å²) in [5.41, 5.74) is -1.24. The molecule has 0 aliphatic carbocycles. The average molecular weight is 275 g/mol. The molecule has 0 bridgehead atoms. The van der Waals surface area contributed by atoms with E-state index >= 15 is 0 Å². The molecule has 4 nitrogen and oxygen atoms in total. The average Bonchev–Trinajstić information content (AvgIpc) is 2.16. The largest absolute Gasteiger partial charge is 0.433 e. The van der Waals surface area contributed by atoms with Crippen molar-refractivity contribution in [3.63, 3.8) is 0 Å². The molecule has 0 aliphatic rings. The first kappa shape index (κ1) is 13.2. The zero-order valence-electron chi connectivity index (χ0n) is 7.84. The molecule has 0 saturated heterocycles. The molecule has 0 amide bonds. The van der Waals surface area contributed by atoms with Crippen LogP contribution in [0.1, 0.15) is 5.69 Å². The fourth-order valence-corrected chi connectivity index (χ4v) is 2.08. The van der Waals surface area contributed by atoms with E-state index in [2.05, 4.69) is 4.98 Å². The standard InChI is InChI=1S/C7H6ClF3N2O2S/c1-12-16(14,15)4-2-3-5(7(9,10)11)13-6(4)8/h2-3,12H,1H3. The lowest BCUT2D eigenvalue weighted by atomic mass is 10.3. The van der Waals surface area contributed by atoms with Crippen LogP contribution in [0.4, 0.5) is 13.2 Å². The quantitative estimate of drug-likeness (QED) is 0.835. The molecular weight excluding hydrogens is 269 g/mol. The van der Waals surface area contributed by atoms with Crippen LogP contribution in [-0.2, 0) is 16.2 Å².